The number of ether oxygens (including phenoxy) is 4. The van der Waals surface area contributed by atoms with Crippen LogP contribution in [-0.2, 0) is 0 Å². The van der Waals surface area contributed by atoms with E-state index < -0.39 is 0 Å². The van der Waals surface area contributed by atoms with Gasteiger partial charge in [0.05, 0.1) is 0 Å². The van der Waals surface area contributed by atoms with Crippen LogP contribution >= 0.6 is 31.9 Å². The predicted molar refractivity (Wildman–Crippen MR) is 210 cm³/mol. The molecule has 0 radical (unpaired) electrons. The Kier molecular flexibility index (Phi) is 6.05. The molecule has 11 rings (SSSR count). The fourth-order valence-corrected chi connectivity index (χ4v) is 9.61. The number of rotatable bonds is 2. The highest BCUT2D eigenvalue weighted by Gasteiger charge is 2.28. The molecule has 0 unspecified atom stereocenters. The lowest BCUT2D eigenvalue weighted by Gasteiger charge is -2.23. The minimum absolute atomic E-state index is 0.181. The predicted octanol–water partition coefficient (Wildman–Crippen LogP) is 12.9. The zero-order valence-corrected chi connectivity index (χ0v) is 29.5. The molecule has 0 aliphatic carbocycles. The van der Waals surface area contributed by atoms with Gasteiger partial charge < -0.3 is 18.9 Å². The quantitative estimate of drug-likeness (QED) is 0.164. The van der Waals surface area contributed by atoms with Crippen molar-refractivity contribution >= 4 is 96.5 Å². The van der Waals surface area contributed by atoms with E-state index in [1.165, 1.54) is 0 Å². The molecule has 2 heterocycles. The third-order valence-corrected chi connectivity index (χ3v) is 12.0. The van der Waals surface area contributed by atoms with Gasteiger partial charge in [0.1, 0.15) is 0 Å². The maximum atomic E-state index is 6.10. The van der Waals surface area contributed by atoms with Crippen molar-refractivity contribution in [1.82, 2.24) is 0 Å². The second kappa shape index (κ2) is 10.6. The molecule has 2 aliphatic heterocycles. The maximum absolute atomic E-state index is 6.10. The molecule has 0 fully saturated rings. The molecule has 0 atom stereocenters. The first kappa shape index (κ1) is 28.5. The van der Waals surface area contributed by atoms with Crippen molar-refractivity contribution in [3.05, 3.63) is 130 Å². The van der Waals surface area contributed by atoms with Gasteiger partial charge in [-0.25, -0.2) is 0 Å². The van der Waals surface area contributed by atoms with Crippen molar-refractivity contribution in [3.8, 4) is 45.3 Å². The highest BCUT2D eigenvalue weighted by atomic mass is 79.9. The zero-order chi connectivity index (χ0) is 33.1. The average molecular weight is 776 g/mol. The van der Waals surface area contributed by atoms with Crippen LogP contribution in [0.4, 0.5) is 0 Å². The first-order valence-electron chi connectivity index (χ1n) is 16.5. The topological polar surface area (TPSA) is 36.9 Å². The van der Waals surface area contributed by atoms with Gasteiger partial charge in [0, 0.05) is 8.95 Å². The van der Waals surface area contributed by atoms with Crippen molar-refractivity contribution in [1.29, 1.82) is 0 Å². The summed E-state index contributed by atoms with van der Waals surface area (Å²) in [6, 6.07) is 43.3. The van der Waals surface area contributed by atoms with E-state index in [0.29, 0.717) is 0 Å². The average Bonchev–Trinajstić information content (AvgIpc) is 3.83. The standard InChI is InChI=1S/C44H24Br2O4/c45-43-27-13-5-1-9-23(27)39(24-10-2-6-14-28(24)43)41-31-17-35-37(49-21-47-35)19-33(31)42(34-20-38-36(18-32(34)41)48-22-50-38)40-25-11-3-7-15-29(25)44(46)30-16-8-4-12-26(30)40/h1-20H,21-22H2. The van der Waals surface area contributed by atoms with E-state index in [4.69, 9.17) is 18.9 Å². The van der Waals surface area contributed by atoms with Gasteiger partial charge in [0.25, 0.3) is 0 Å². The Morgan fingerprint density at radius 1 is 0.300 bits per heavy atom. The molecular weight excluding hydrogens is 752 g/mol. The minimum atomic E-state index is 0.181. The second-order valence-corrected chi connectivity index (χ2v) is 14.4. The number of hydrogen-bond donors (Lipinski definition) is 0. The summed E-state index contributed by atoms with van der Waals surface area (Å²) in [4.78, 5) is 0. The molecule has 0 saturated heterocycles. The smallest absolute Gasteiger partial charge is 0.231 e. The van der Waals surface area contributed by atoms with Crippen LogP contribution in [0, 0.1) is 0 Å². The lowest BCUT2D eigenvalue weighted by atomic mass is 9.81. The Labute approximate surface area is 303 Å². The van der Waals surface area contributed by atoms with Crippen LogP contribution in [0.3, 0.4) is 0 Å². The molecular formula is C44H24Br2O4. The Morgan fingerprint density at radius 3 is 0.780 bits per heavy atom. The van der Waals surface area contributed by atoms with Crippen molar-refractivity contribution < 1.29 is 18.9 Å². The van der Waals surface area contributed by atoms with E-state index in [0.717, 1.165) is 119 Å². The molecule has 50 heavy (non-hydrogen) atoms. The molecule has 0 bridgehead atoms. The first-order valence-corrected chi connectivity index (χ1v) is 18.1. The second-order valence-electron chi connectivity index (χ2n) is 12.8. The van der Waals surface area contributed by atoms with Gasteiger partial charge >= 0.3 is 0 Å². The van der Waals surface area contributed by atoms with Crippen LogP contribution in [-0.4, -0.2) is 13.6 Å². The SMILES string of the molecule is Brc1c2ccccc2c(-c2c3cc4c(cc3c(-c3c5ccccc5c(Br)c5ccccc35)c3cc5c(cc23)OCO5)OCO4)c2ccccc12. The Balaban J connectivity index is 1.44. The van der Waals surface area contributed by atoms with Gasteiger partial charge in [-0.1, -0.05) is 97.1 Å². The van der Waals surface area contributed by atoms with E-state index in [1.807, 2.05) is 0 Å². The fraction of sp³-hybridized carbons (Fsp3) is 0.0455. The molecule has 9 aromatic carbocycles. The minimum Gasteiger partial charge on any atom is -0.454 e. The van der Waals surface area contributed by atoms with E-state index >= 15 is 0 Å². The molecule has 4 nitrogen and oxygen atoms in total. The molecule has 6 heteroatoms. The van der Waals surface area contributed by atoms with E-state index in [1.54, 1.807) is 0 Å². The Hall–Kier alpha value is -5.30. The lowest BCUT2D eigenvalue weighted by Crippen LogP contribution is -1.96. The summed E-state index contributed by atoms with van der Waals surface area (Å²) < 4.78 is 26.6. The summed E-state index contributed by atoms with van der Waals surface area (Å²) >= 11 is 7.97. The number of benzene rings is 9. The summed E-state index contributed by atoms with van der Waals surface area (Å²) in [5.74, 6) is 2.95. The maximum Gasteiger partial charge on any atom is 0.231 e. The van der Waals surface area contributed by atoms with Crippen LogP contribution in [0.2, 0.25) is 0 Å². The van der Waals surface area contributed by atoms with Gasteiger partial charge in [0.15, 0.2) is 23.0 Å². The third kappa shape index (κ3) is 3.86. The van der Waals surface area contributed by atoms with Gasteiger partial charge in [-0.05, 0) is 143 Å². The molecule has 0 amide bonds. The fourth-order valence-electron chi connectivity index (χ4n) is 8.23. The summed E-state index contributed by atoms with van der Waals surface area (Å²) in [6.07, 6.45) is 0. The molecule has 2 aliphatic rings. The van der Waals surface area contributed by atoms with Crippen molar-refractivity contribution in [3.63, 3.8) is 0 Å². The Bertz CT molecular complexity index is 2580. The lowest BCUT2D eigenvalue weighted by molar-refractivity contribution is 0.173. The van der Waals surface area contributed by atoms with E-state index in [9.17, 15) is 0 Å². The van der Waals surface area contributed by atoms with Crippen LogP contribution in [0.5, 0.6) is 23.0 Å². The van der Waals surface area contributed by atoms with Crippen LogP contribution in [0.25, 0.3) is 86.9 Å². The molecule has 0 N–H and O–H groups in total. The van der Waals surface area contributed by atoms with Crippen LogP contribution in [0.1, 0.15) is 0 Å². The summed E-state index contributed by atoms with van der Waals surface area (Å²) in [5, 5.41) is 13.5. The van der Waals surface area contributed by atoms with Crippen LogP contribution < -0.4 is 18.9 Å². The molecule has 0 saturated carbocycles. The Morgan fingerprint density at radius 2 is 0.520 bits per heavy atom. The monoisotopic (exact) mass is 774 g/mol. The molecule has 9 aromatic rings. The number of fused-ring (bicyclic) bond motifs is 8. The van der Waals surface area contributed by atoms with Gasteiger partial charge in [-0.15, -0.1) is 0 Å². The third-order valence-electron chi connectivity index (χ3n) is 10.3. The molecule has 0 aromatic heterocycles. The van der Waals surface area contributed by atoms with Gasteiger partial charge in [-0.3, -0.25) is 0 Å². The van der Waals surface area contributed by atoms with Crippen LogP contribution in [0.15, 0.2) is 130 Å². The zero-order valence-electron chi connectivity index (χ0n) is 26.4. The van der Waals surface area contributed by atoms with Crippen molar-refractivity contribution in [2.75, 3.05) is 13.6 Å². The first-order chi connectivity index (χ1) is 24.7. The van der Waals surface area contributed by atoms with E-state index in [2.05, 4.69) is 153 Å². The van der Waals surface area contributed by atoms with Gasteiger partial charge in [0.2, 0.25) is 13.6 Å². The summed E-state index contributed by atoms with van der Waals surface area (Å²) in [5.41, 5.74) is 4.54. The normalized spacial score (nSPS) is 13.5. The number of hydrogen-bond acceptors (Lipinski definition) is 4. The molecule has 238 valence electrons. The summed E-state index contributed by atoms with van der Waals surface area (Å²) in [7, 11) is 0. The van der Waals surface area contributed by atoms with E-state index in [-0.39, 0.29) is 13.6 Å². The van der Waals surface area contributed by atoms with Crippen molar-refractivity contribution in [2.45, 2.75) is 0 Å². The largest absolute Gasteiger partial charge is 0.454 e. The van der Waals surface area contributed by atoms with Gasteiger partial charge in [-0.2, -0.15) is 0 Å². The number of halogens is 2. The summed E-state index contributed by atoms with van der Waals surface area (Å²) in [6.45, 7) is 0.361. The highest BCUT2D eigenvalue weighted by molar-refractivity contribution is 9.11. The molecule has 0 spiro atoms. The van der Waals surface area contributed by atoms with Crippen molar-refractivity contribution in [2.24, 2.45) is 0 Å². The highest BCUT2D eigenvalue weighted by Crippen LogP contribution is 2.55.